The first kappa shape index (κ1) is 11.9. The summed E-state index contributed by atoms with van der Waals surface area (Å²) >= 11 is 0. The first-order chi connectivity index (χ1) is 8.27. The molecule has 1 atom stereocenters. The molecule has 2 aromatic rings. The minimum atomic E-state index is 0.0502. The molecule has 1 aromatic carbocycles. The van der Waals surface area contributed by atoms with Gasteiger partial charge in [0.1, 0.15) is 0 Å². The Balaban J connectivity index is 1.88. The maximum absolute atomic E-state index is 5.88. The molecule has 0 bridgehead atoms. The number of imidazole rings is 1. The number of hydrogen-bond donors (Lipinski definition) is 1. The summed E-state index contributed by atoms with van der Waals surface area (Å²) in [6, 6.07) is 10.6. The van der Waals surface area contributed by atoms with Crippen LogP contribution in [-0.4, -0.2) is 9.55 Å². The van der Waals surface area contributed by atoms with Crippen molar-refractivity contribution in [1.29, 1.82) is 0 Å². The van der Waals surface area contributed by atoms with Gasteiger partial charge in [-0.3, -0.25) is 0 Å². The Morgan fingerprint density at radius 3 is 2.76 bits per heavy atom. The van der Waals surface area contributed by atoms with Crippen molar-refractivity contribution in [1.82, 2.24) is 9.55 Å². The molecule has 1 heterocycles. The fourth-order valence-corrected chi connectivity index (χ4v) is 2.00. The maximum Gasteiger partial charge on any atom is 0.0948 e. The lowest BCUT2D eigenvalue weighted by Gasteiger charge is -2.10. The van der Waals surface area contributed by atoms with Crippen LogP contribution < -0.4 is 5.73 Å². The molecular weight excluding hydrogens is 210 g/mol. The summed E-state index contributed by atoms with van der Waals surface area (Å²) in [6.07, 6.45) is 5.92. The molecule has 1 aromatic heterocycles. The Kier molecular flexibility index (Phi) is 3.94. The maximum atomic E-state index is 5.88. The molecule has 0 fully saturated rings. The van der Waals surface area contributed by atoms with Gasteiger partial charge in [-0.1, -0.05) is 30.3 Å². The van der Waals surface area contributed by atoms with E-state index in [2.05, 4.69) is 33.8 Å². The third kappa shape index (κ3) is 3.17. The summed E-state index contributed by atoms with van der Waals surface area (Å²) in [5, 5.41) is 0. The number of rotatable bonds is 5. The molecule has 2 N–H and O–H groups in total. The van der Waals surface area contributed by atoms with Gasteiger partial charge in [0, 0.05) is 18.8 Å². The van der Waals surface area contributed by atoms with Gasteiger partial charge in [-0.25, -0.2) is 4.98 Å². The van der Waals surface area contributed by atoms with E-state index in [4.69, 9.17) is 5.73 Å². The van der Waals surface area contributed by atoms with Crippen molar-refractivity contribution in [2.45, 2.75) is 32.4 Å². The Labute approximate surface area is 102 Å². The molecule has 2 rings (SSSR count). The van der Waals surface area contributed by atoms with E-state index in [9.17, 15) is 0 Å². The van der Waals surface area contributed by atoms with Gasteiger partial charge >= 0.3 is 0 Å². The van der Waals surface area contributed by atoms with Crippen LogP contribution in [0.1, 0.15) is 30.6 Å². The Bertz CT molecular complexity index is 446. The van der Waals surface area contributed by atoms with E-state index < -0.39 is 0 Å². The first-order valence-electron chi connectivity index (χ1n) is 6.07. The number of aromatic nitrogens is 2. The van der Waals surface area contributed by atoms with Gasteiger partial charge in [0.15, 0.2) is 0 Å². The van der Waals surface area contributed by atoms with Crippen molar-refractivity contribution < 1.29 is 0 Å². The minimum Gasteiger partial charge on any atom is -0.333 e. The number of benzene rings is 1. The molecule has 0 spiro atoms. The molecule has 3 nitrogen and oxygen atoms in total. The topological polar surface area (TPSA) is 43.8 Å². The standard InChI is InChI=1S/C14H19N3/c1-12(15)14-10-16-11-17(14)9-5-8-13-6-3-2-4-7-13/h2-4,6-7,10-12H,5,8-9,15H2,1H3/t12-/m0/s1. The summed E-state index contributed by atoms with van der Waals surface area (Å²) in [5.74, 6) is 0. The van der Waals surface area contributed by atoms with E-state index in [1.807, 2.05) is 25.5 Å². The summed E-state index contributed by atoms with van der Waals surface area (Å²) < 4.78 is 2.15. The monoisotopic (exact) mass is 229 g/mol. The average Bonchev–Trinajstić information content (AvgIpc) is 2.79. The molecule has 0 amide bonds. The van der Waals surface area contributed by atoms with E-state index in [1.54, 1.807) is 0 Å². The highest BCUT2D eigenvalue weighted by Gasteiger charge is 2.05. The quantitative estimate of drug-likeness (QED) is 0.856. The zero-order valence-electron chi connectivity index (χ0n) is 10.2. The summed E-state index contributed by atoms with van der Waals surface area (Å²) in [5.41, 5.74) is 8.37. The van der Waals surface area contributed by atoms with Crippen LogP contribution in [0.4, 0.5) is 0 Å². The summed E-state index contributed by atoms with van der Waals surface area (Å²) in [4.78, 5) is 4.15. The predicted molar refractivity (Wildman–Crippen MR) is 69.6 cm³/mol. The fraction of sp³-hybridized carbons (Fsp3) is 0.357. The van der Waals surface area contributed by atoms with Crippen LogP contribution in [0.15, 0.2) is 42.9 Å². The van der Waals surface area contributed by atoms with Crippen molar-refractivity contribution in [3.05, 3.63) is 54.1 Å². The van der Waals surface area contributed by atoms with E-state index in [0.717, 1.165) is 25.1 Å². The molecule has 0 unspecified atom stereocenters. The van der Waals surface area contributed by atoms with Crippen molar-refractivity contribution in [2.24, 2.45) is 5.73 Å². The fourth-order valence-electron chi connectivity index (χ4n) is 2.00. The highest BCUT2D eigenvalue weighted by Crippen LogP contribution is 2.10. The van der Waals surface area contributed by atoms with Crippen molar-refractivity contribution in [3.8, 4) is 0 Å². The lowest BCUT2D eigenvalue weighted by molar-refractivity contribution is 0.592. The zero-order chi connectivity index (χ0) is 12.1. The van der Waals surface area contributed by atoms with E-state index in [0.29, 0.717) is 0 Å². The van der Waals surface area contributed by atoms with E-state index in [-0.39, 0.29) is 6.04 Å². The van der Waals surface area contributed by atoms with E-state index in [1.165, 1.54) is 5.56 Å². The third-order valence-electron chi connectivity index (χ3n) is 2.92. The molecule has 3 heteroatoms. The number of nitrogens with two attached hydrogens (primary N) is 1. The SMILES string of the molecule is C[C@H](N)c1cncn1CCCc1ccccc1. The molecule has 0 radical (unpaired) electrons. The molecule has 0 aliphatic carbocycles. The third-order valence-corrected chi connectivity index (χ3v) is 2.92. The average molecular weight is 229 g/mol. The highest BCUT2D eigenvalue weighted by molar-refractivity contribution is 5.14. The number of aryl methyl sites for hydroxylation is 2. The van der Waals surface area contributed by atoms with Crippen LogP contribution in [0.2, 0.25) is 0 Å². The normalized spacial score (nSPS) is 12.6. The van der Waals surface area contributed by atoms with Gasteiger partial charge in [-0.05, 0) is 25.3 Å². The minimum absolute atomic E-state index is 0.0502. The van der Waals surface area contributed by atoms with E-state index >= 15 is 0 Å². The zero-order valence-corrected chi connectivity index (χ0v) is 10.2. The van der Waals surface area contributed by atoms with Gasteiger partial charge in [-0.2, -0.15) is 0 Å². The lowest BCUT2D eigenvalue weighted by atomic mass is 10.1. The predicted octanol–water partition coefficient (Wildman–Crippen LogP) is 2.54. The Morgan fingerprint density at radius 1 is 1.29 bits per heavy atom. The molecule has 0 saturated heterocycles. The van der Waals surface area contributed by atoms with Crippen molar-refractivity contribution in [2.75, 3.05) is 0 Å². The smallest absolute Gasteiger partial charge is 0.0948 e. The van der Waals surface area contributed by atoms with Crippen LogP contribution in [-0.2, 0) is 13.0 Å². The second-order valence-electron chi connectivity index (χ2n) is 4.39. The van der Waals surface area contributed by atoms with Gasteiger partial charge in [0.25, 0.3) is 0 Å². The van der Waals surface area contributed by atoms with Crippen LogP contribution in [0.5, 0.6) is 0 Å². The van der Waals surface area contributed by atoms with Crippen molar-refractivity contribution in [3.63, 3.8) is 0 Å². The van der Waals surface area contributed by atoms with Crippen LogP contribution >= 0.6 is 0 Å². The molecule has 90 valence electrons. The summed E-state index contributed by atoms with van der Waals surface area (Å²) in [7, 11) is 0. The highest BCUT2D eigenvalue weighted by atomic mass is 15.1. The van der Waals surface area contributed by atoms with Crippen LogP contribution in [0, 0.1) is 0 Å². The molecule has 17 heavy (non-hydrogen) atoms. The number of hydrogen-bond acceptors (Lipinski definition) is 2. The van der Waals surface area contributed by atoms with Gasteiger partial charge < -0.3 is 10.3 Å². The second kappa shape index (κ2) is 5.64. The Hall–Kier alpha value is -1.61. The molecule has 0 aliphatic heterocycles. The number of nitrogens with zero attached hydrogens (tertiary/aromatic N) is 2. The Morgan fingerprint density at radius 2 is 2.06 bits per heavy atom. The largest absolute Gasteiger partial charge is 0.333 e. The van der Waals surface area contributed by atoms with Gasteiger partial charge in [0.2, 0.25) is 0 Å². The molecular formula is C14H19N3. The second-order valence-corrected chi connectivity index (χ2v) is 4.39. The van der Waals surface area contributed by atoms with Crippen LogP contribution in [0.25, 0.3) is 0 Å². The first-order valence-corrected chi connectivity index (χ1v) is 6.07. The van der Waals surface area contributed by atoms with Gasteiger partial charge in [-0.15, -0.1) is 0 Å². The molecule has 0 saturated carbocycles. The summed E-state index contributed by atoms with van der Waals surface area (Å²) in [6.45, 7) is 2.97. The lowest BCUT2D eigenvalue weighted by Crippen LogP contribution is -2.12. The van der Waals surface area contributed by atoms with Gasteiger partial charge in [0.05, 0.1) is 12.0 Å². The van der Waals surface area contributed by atoms with Crippen molar-refractivity contribution >= 4 is 0 Å². The van der Waals surface area contributed by atoms with Crippen LogP contribution in [0.3, 0.4) is 0 Å². The molecule has 0 aliphatic rings.